The number of aryl methyl sites for hydroxylation is 2. The number of carbonyl (C=O) groups is 2. The van der Waals surface area contributed by atoms with Crippen LogP contribution in [-0.2, 0) is 22.6 Å². The Balaban J connectivity index is 1.62. The van der Waals surface area contributed by atoms with E-state index in [0.29, 0.717) is 0 Å². The molecule has 2 aliphatic rings. The summed E-state index contributed by atoms with van der Waals surface area (Å²) < 4.78 is 0. The number of benzene rings is 2. The van der Waals surface area contributed by atoms with E-state index in [1.54, 1.807) is 0 Å². The van der Waals surface area contributed by atoms with Crippen LogP contribution in [0, 0.1) is 13.8 Å². The molecule has 1 atom stereocenters. The summed E-state index contributed by atoms with van der Waals surface area (Å²) in [6.07, 6.45) is 1.20. The number of anilines is 1. The second-order valence-corrected chi connectivity index (χ2v) is 7.02. The molecule has 4 rings (SSSR count). The lowest BCUT2D eigenvalue weighted by molar-refractivity contribution is -0.123. The maximum absolute atomic E-state index is 13.1. The normalized spacial score (nSPS) is 20.9. The molecule has 0 spiro atoms. The van der Waals surface area contributed by atoms with Gasteiger partial charge in [0, 0.05) is 13.1 Å². The molecule has 0 aliphatic carbocycles. The molecule has 2 amide bonds. The molecule has 0 aromatic heterocycles. The SMILES string of the molecule is Cc1cccc(C)c1N1C(=O)C[C@H](N2CCc3ccccc3C2)C1=O. The Kier molecular flexibility index (Phi) is 3.92. The molecule has 128 valence electrons. The third-order valence-electron chi connectivity index (χ3n) is 5.39. The van der Waals surface area contributed by atoms with Gasteiger partial charge in [0.1, 0.15) is 0 Å². The van der Waals surface area contributed by atoms with E-state index in [1.165, 1.54) is 16.0 Å². The molecule has 0 N–H and O–H groups in total. The molecule has 0 saturated carbocycles. The zero-order valence-corrected chi connectivity index (χ0v) is 14.7. The first-order valence-corrected chi connectivity index (χ1v) is 8.80. The van der Waals surface area contributed by atoms with Gasteiger partial charge in [0.2, 0.25) is 5.91 Å². The predicted octanol–water partition coefficient (Wildman–Crippen LogP) is 2.99. The average molecular weight is 334 g/mol. The van der Waals surface area contributed by atoms with Crippen molar-refractivity contribution >= 4 is 17.5 Å². The monoisotopic (exact) mass is 334 g/mol. The van der Waals surface area contributed by atoms with Gasteiger partial charge in [-0.05, 0) is 42.5 Å². The van der Waals surface area contributed by atoms with Crippen molar-refractivity contribution in [3.8, 4) is 0 Å². The van der Waals surface area contributed by atoms with E-state index >= 15 is 0 Å². The number of amides is 2. The molecule has 25 heavy (non-hydrogen) atoms. The molecule has 0 bridgehead atoms. The Labute approximate surface area is 148 Å². The number of para-hydroxylation sites is 1. The molecule has 4 heteroatoms. The quantitative estimate of drug-likeness (QED) is 0.793. The maximum atomic E-state index is 13.1. The standard InChI is InChI=1S/C21H22N2O2/c1-14-6-5-7-15(2)20(14)23-19(24)12-18(21(23)25)22-11-10-16-8-3-4-9-17(16)13-22/h3-9,18H,10-13H2,1-2H3/t18-/m0/s1. The molecule has 0 radical (unpaired) electrons. The van der Waals surface area contributed by atoms with Gasteiger partial charge in [-0.1, -0.05) is 42.5 Å². The van der Waals surface area contributed by atoms with Gasteiger partial charge >= 0.3 is 0 Å². The molecule has 0 unspecified atom stereocenters. The average Bonchev–Trinajstić information content (AvgIpc) is 2.90. The number of fused-ring (bicyclic) bond motifs is 1. The van der Waals surface area contributed by atoms with Crippen molar-refractivity contribution in [2.45, 2.75) is 39.3 Å². The zero-order valence-electron chi connectivity index (χ0n) is 14.7. The lowest BCUT2D eigenvalue weighted by Gasteiger charge is -2.32. The van der Waals surface area contributed by atoms with Gasteiger partial charge in [-0.2, -0.15) is 0 Å². The number of rotatable bonds is 2. The highest BCUT2D eigenvalue weighted by Gasteiger charge is 2.44. The van der Waals surface area contributed by atoms with Crippen molar-refractivity contribution in [1.29, 1.82) is 0 Å². The number of nitrogens with zero attached hydrogens (tertiary/aromatic N) is 2. The number of hydrogen-bond acceptors (Lipinski definition) is 3. The first kappa shape index (κ1) is 16.0. The van der Waals surface area contributed by atoms with Crippen molar-refractivity contribution in [3.63, 3.8) is 0 Å². The van der Waals surface area contributed by atoms with Crippen LogP contribution in [0.3, 0.4) is 0 Å². The highest BCUT2D eigenvalue weighted by atomic mass is 16.2. The minimum atomic E-state index is -0.347. The minimum absolute atomic E-state index is 0.0817. The second kappa shape index (κ2) is 6.12. The number of imide groups is 1. The fourth-order valence-corrected chi connectivity index (χ4v) is 4.08. The lowest BCUT2D eigenvalue weighted by atomic mass is 9.98. The summed E-state index contributed by atoms with van der Waals surface area (Å²) in [6, 6.07) is 13.9. The van der Waals surface area contributed by atoms with Crippen molar-refractivity contribution in [2.75, 3.05) is 11.4 Å². The fraction of sp³-hybridized carbons (Fsp3) is 0.333. The molecule has 2 aromatic carbocycles. The summed E-state index contributed by atoms with van der Waals surface area (Å²) in [4.78, 5) is 29.3. The van der Waals surface area contributed by atoms with Gasteiger partial charge < -0.3 is 0 Å². The summed E-state index contributed by atoms with van der Waals surface area (Å²) in [6.45, 7) is 5.46. The minimum Gasteiger partial charge on any atom is -0.287 e. The van der Waals surface area contributed by atoms with Gasteiger partial charge in [0.15, 0.2) is 0 Å². The highest BCUT2D eigenvalue weighted by Crippen LogP contribution is 2.32. The van der Waals surface area contributed by atoms with E-state index in [-0.39, 0.29) is 24.3 Å². The summed E-state index contributed by atoms with van der Waals surface area (Å²) in [5.41, 5.74) is 5.30. The largest absolute Gasteiger partial charge is 0.287 e. The zero-order chi connectivity index (χ0) is 17.6. The first-order chi connectivity index (χ1) is 12.1. The third-order valence-corrected chi connectivity index (χ3v) is 5.39. The Bertz CT molecular complexity index is 838. The molecular formula is C21H22N2O2. The van der Waals surface area contributed by atoms with Gasteiger partial charge in [-0.25, -0.2) is 4.90 Å². The molecule has 1 fully saturated rings. The van der Waals surface area contributed by atoms with E-state index in [9.17, 15) is 9.59 Å². The molecule has 2 heterocycles. The second-order valence-electron chi connectivity index (χ2n) is 7.02. The van der Waals surface area contributed by atoms with Gasteiger partial charge in [-0.15, -0.1) is 0 Å². The topological polar surface area (TPSA) is 40.6 Å². The molecule has 1 saturated heterocycles. The number of hydrogen-bond donors (Lipinski definition) is 0. The van der Waals surface area contributed by atoms with Crippen LogP contribution < -0.4 is 4.90 Å². The van der Waals surface area contributed by atoms with E-state index < -0.39 is 0 Å². The van der Waals surface area contributed by atoms with Gasteiger partial charge in [-0.3, -0.25) is 14.5 Å². The number of carbonyl (C=O) groups excluding carboxylic acids is 2. The van der Waals surface area contributed by atoms with Crippen molar-refractivity contribution < 1.29 is 9.59 Å². The van der Waals surface area contributed by atoms with Crippen LogP contribution >= 0.6 is 0 Å². The van der Waals surface area contributed by atoms with Crippen LogP contribution in [0.5, 0.6) is 0 Å². The molecule has 2 aliphatic heterocycles. The molecular weight excluding hydrogens is 312 g/mol. The van der Waals surface area contributed by atoms with Crippen LogP contribution in [-0.4, -0.2) is 29.3 Å². The third kappa shape index (κ3) is 2.67. The maximum Gasteiger partial charge on any atom is 0.251 e. The van der Waals surface area contributed by atoms with E-state index in [2.05, 4.69) is 23.1 Å². The molecule has 2 aromatic rings. The molecule has 4 nitrogen and oxygen atoms in total. The summed E-state index contributed by atoms with van der Waals surface area (Å²) >= 11 is 0. The Hall–Kier alpha value is -2.46. The fourth-order valence-electron chi connectivity index (χ4n) is 4.08. The van der Waals surface area contributed by atoms with Crippen molar-refractivity contribution in [3.05, 3.63) is 64.7 Å². The Morgan fingerprint density at radius 2 is 1.60 bits per heavy atom. The van der Waals surface area contributed by atoms with E-state index in [4.69, 9.17) is 0 Å². The van der Waals surface area contributed by atoms with Crippen LogP contribution in [0.1, 0.15) is 28.7 Å². The van der Waals surface area contributed by atoms with Crippen molar-refractivity contribution in [2.24, 2.45) is 0 Å². The highest BCUT2D eigenvalue weighted by molar-refractivity contribution is 6.23. The summed E-state index contributed by atoms with van der Waals surface area (Å²) in [7, 11) is 0. The predicted molar refractivity (Wildman–Crippen MR) is 97.4 cm³/mol. The Morgan fingerprint density at radius 3 is 2.32 bits per heavy atom. The summed E-state index contributed by atoms with van der Waals surface area (Å²) in [5, 5.41) is 0. The van der Waals surface area contributed by atoms with Crippen LogP contribution in [0.15, 0.2) is 42.5 Å². The van der Waals surface area contributed by atoms with Gasteiger partial charge in [0.05, 0.1) is 18.2 Å². The summed E-state index contributed by atoms with van der Waals surface area (Å²) in [5.74, 6) is -0.173. The van der Waals surface area contributed by atoms with Crippen LogP contribution in [0.25, 0.3) is 0 Å². The van der Waals surface area contributed by atoms with Crippen molar-refractivity contribution in [1.82, 2.24) is 4.90 Å². The smallest absolute Gasteiger partial charge is 0.251 e. The van der Waals surface area contributed by atoms with Gasteiger partial charge in [0.25, 0.3) is 5.91 Å². The lowest BCUT2D eigenvalue weighted by Crippen LogP contribution is -2.44. The van der Waals surface area contributed by atoms with Crippen LogP contribution in [0.2, 0.25) is 0 Å². The van der Waals surface area contributed by atoms with E-state index in [1.807, 2.05) is 38.1 Å². The van der Waals surface area contributed by atoms with Crippen LogP contribution in [0.4, 0.5) is 5.69 Å². The Morgan fingerprint density at radius 1 is 0.920 bits per heavy atom. The van der Waals surface area contributed by atoms with E-state index in [0.717, 1.165) is 36.3 Å². The first-order valence-electron chi connectivity index (χ1n) is 8.80.